The largest absolute Gasteiger partial charge is 0.289 e. The monoisotopic (exact) mass is 278 g/mol. The van der Waals surface area contributed by atoms with Crippen molar-refractivity contribution in [2.75, 3.05) is 0 Å². The van der Waals surface area contributed by atoms with Crippen molar-refractivity contribution in [1.82, 2.24) is 0 Å². The second kappa shape index (κ2) is 5.48. The Labute approximate surface area is 127 Å². The molecule has 1 aliphatic carbocycles. The van der Waals surface area contributed by atoms with Gasteiger partial charge >= 0.3 is 0 Å². The molecule has 1 heteroatoms. The highest BCUT2D eigenvalue weighted by atomic mass is 16.1. The molecule has 2 aromatic rings. The maximum absolute atomic E-state index is 13.1. The SMILES string of the molecule is Cc1cc(C)c(C(=O)c2ccccc2C2CCC2)c(C)c1. The number of benzene rings is 2. The van der Waals surface area contributed by atoms with E-state index >= 15 is 0 Å². The van der Waals surface area contributed by atoms with Crippen molar-refractivity contribution in [1.29, 1.82) is 0 Å². The van der Waals surface area contributed by atoms with Crippen molar-refractivity contribution in [2.24, 2.45) is 0 Å². The Morgan fingerprint density at radius 1 is 1.00 bits per heavy atom. The first kappa shape index (κ1) is 14.1. The van der Waals surface area contributed by atoms with Gasteiger partial charge in [0.25, 0.3) is 0 Å². The van der Waals surface area contributed by atoms with E-state index in [0.717, 1.165) is 22.3 Å². The Kier molecular flexibility index (Phi) is 3.67. The third-order valence-corrected chi connectivity index (χ3v) is 4.65. The van der Waals surface area contributed by atoms with Gasteiger partial charge in [-0.3, -0.25) is 4.79 Å². The minimum atomic E-state index is 0.188. The Morgan fingerprint density at radius 3 is 2.19 bits per heavy atom. The topological polar surface area (TPSA) is 17.1 Å². The summed E-state index contributed by atoms with van der Waals surface area (Å²) in [6.45, 7) is 6.16. The highest BCUT2D eigenvalue weighted by molar-refractivity contribution is 6.11. The summed E-state index contributed by atoms with van der Waals surface area (Å²) in [5.41, 5.74) is 6.41. The zero-order chi connectivity index (χ0) is 15.0. The minimum absolute atomic E-state index is 0.188. The molecule has 0 aromatic heterocycles. The molecule has 1 saturated carbocycles. The first-order valence-corrected chi connectivity index (χ1v) is 7.79. The summed E-state index contributed by atoms with van der Waals surface area (Å²) in [6.07, 6.45) is 3.72. The first-order valence-electron chi connectivity index (χ1n) is 7.79. The van der Waals surface area contributed by atoms with Gasteiger partial charge in [0.05, 0.1) is 0 Å². The Bertz CT molecular complexity index is 670. The molecule has 0 amide bonds. The lowest BCUT2D eigenvalue weighted by Gasteiger charge is -2.27. The average molecular weight is 278 g/mol. The molecule has 0 radical (unpaired) electrons. The van der Waals surface area contributed by atoms with E-state index in [1.165, 1.54) is 30.4 Å². The van der Waals surface area contributed by atoms with E-state index in [0.29, 0.717) is 5.92 Å². The molecule has 0 bridgehead atoms. The summed E-state index contributed by atoms with van der Waals surface area (Å²) in [6, 6.07) is 12.4. The van der Waals surface area contributed by atoms with Gasteiger partial charge < -0.3 is 0 Å². The van der Waals surface area contributed by atoms with Crippen molar-refractivity contribution < 1.29 is 4.79 Å². The van der Waals surface area contributed by atoms with Gasteiger partial charge in [-0.1, -0.05) is 48.4 Å². The maximum Gasteiger partial charge on any atom is 0.193 e. The predicted octanol–water partition coefficient (Wildman–Crippen LogP) is 5.11. The molecule has 0 heterocycles. The van der Waals surface area contributed by atoms with Crippen LogP contribution in [0.4, 0.5) is 0 Å². The molecule has 1 aliphatic rings. The van der Waals surface area contributed by atoms with E-state index in [4.69, 9.17) is 0 Å². The summed E-state index contributed by atoms with van der Waals surface area (Å²) in [4.78, 5) is 13.1. The highest BCUT2D eigenvalue weighted by Crippen LogP contribution is 2.38. The zero-order valence-corrected chi connectivity index (χ0v) is 13.1. The van der Waals surface area contributed by atoms with Crippen LogP contribution in [0.15, 0.2) is 36.4 Å². The molecule has 108 valence electrons. The number of ketones is 1. The van der Waals surface area contributed by atoms with Gasteiger partial charge in [0, 0.05) is 11.1 Å². The van der Waals surface area contributed by atoms with Gasteiger partial charge in [-0.2, -0.15) is 0 Å². The molecule has 0 N–H and O–H groups in total. The molecule has 21 heavy (non-hydrogen) atoms. The molecule has 0 aliphatic heterocycles. The molecular weight excluding hydrogens is 256 g/mol. The fourth-order valence-corrected chi connectivity index (χ4v) is 3.45. The van der Waals surface area contributed by atoms with E-state index < -0.39 is 0 Å². The number of carbonyl (C=O) groups excluding carboxylic acids is 1. The van der Waals surface area contributed by atoms with Crippen LogP contribution >= 0.6 is 0 Å². The lowest BCUT2D eigenvalue weighted by Crippen LogP contribution is -2.15. The Balaban J connectivity index is 2.07. The molecule has 0 spiro atoms. The highest BCUT2D eigenvalue weighted by Gasteiger charge is 2.25. The van der Waals surface area contributed by atoms with E-state index in [-0.39, 0.29) is 5.78 Å². The van der Waals surface area contributed by atoms with Crippen LogP contribution in [0.2, 0.25) is 0 Å². The molecule has 2 aromatic carbocycles. The van der Waals surface area contributed by atoms with Crippen LogP contribution < -0.4 is 0 Å². The fourth-order valence-electron chi connectivity index (χ4n) is 3.45. The van der Waals surface area contributed by atoms with Crippen LogP contribution in [0.5, 0.6) is 0 Å². The van der Waals surface area contributed by atoms with Crippen LogP contribution in [0.3, 0.4) is 0 Å². The van der Waals surface area contributed by atoms with Crippen LogP contribution in [-0.4, -0.2) is 5.78 Å². The fraction of sp³-hybridized carbons (Fsp3) is 0.350. The number of aryl methyl sites for hydroxylation is 3. The Hall–Kier alpha value is -1.89. The standard InChI is InChI=1S/C20H22O/c1-13-11-14(2)19(15(3)12-13)20(21)18-10-5-4-9-17(18)16-7-6-8-16/h4-5,9-12,16H,6-8H2,1-3H3. The normalized spacial score (nSPS) is 14.8. The van der Waals surface area contributed by atoms with Crippen LogP contribution in [0, 0.1) is 20.8 Å². The van der Waals surface area contributed by atoms with Crippen molar-refractivity contribution >= 4 is 5.78 Å². The van der Waals surface area contributed by atoms with Crippen molar-refractivity contribution in [2.45, 2.75) is 46.0 Å². The van der Waals surface area contributed by atoms with Crippen LogP contribution in [0.1, 0.15) is 63.4 Å². The second-order valence-corrected chi connectivity index (χ2v) is 6.32. The first-order chi connectivity index (χ1) is 10.1. The lowest BCUT2D eigenvalue weighted by atomic mass is 9.77. The summed E-state index contributed by atoms with van der Waals surface area (Å²) in [7, 11) is 0. The zero-order valence-electron chi connectivity index (χ0n) is 13.1. The quantitative estimate of drug-likeness (QED) is 0.713. The molecule has 0 unspecified atom stereocenters. The summed E-state index contributed by atoms with van der Waals surface area (Å²) < 4.78 is 0. The summed E-state index contributed by atoms with van der Waals surface area (Å²) >= 11 is 0. The summed E-state index contributed by atoms with van der Waals surface area (Å²) in [5.74, 6) is 0.767. The Morgan fingerprint density at radius 2 is 1.62 bits per heavy atom. The van der Waals surface area contributed by atoms with Gasteiger partial charge in [-0.05, 0) is 56.2 Å². The summed E-state index contributed by atoms with van der Waals surface area (Å²) in [5, 5.41) is 0. The minimum Gasteiger partial charge on any atom is -0.289 e. The third kappa shape index (κ3) is 2.53. The molecule has 1 fully saturated rings. The van der Waals surface area contributed by atoms with Crippen LogP contribution in [0.25, 0.3) is 0 Å². The van der Waals surface area contributed by atoms with Gasteiger partial charge in [0.2, 0.25) is 0 Å². The average Bonchev–Trinajstić information content (AvgIpc) is 2.36. The van der Waals surface area contributed by atoms with Gasteiger partial charge in [-0.15, -0.1) is 0 Å². The third-order valence-electron chi connectivity index (χ3n) is 4.65. The molecular formula is C20H22O. The van der Waals surface area contributed by atoms with Crippen molar-refractivity contribution in [3.05, 3.63) is 69.8 Å². The number of hydrogen-bond donors (Lipinski definition) is 0. The lowest BCUT2D eigenvalue weighted by molar-refractivity contribution is 0.103. The van der Waals surface area contributed by atoms with E-state index in [9.17, 15) is 4.79 Å². The smallest absolute Gasteiger partial charge is 0.193 e. The number of rotatable bonds is 3. The van der Waals surface area contributed by atoms with E-state index in [1.54, 1.807) is 0 Å². The molecule has 0 saturated heterocycles. The molecule has 1 nitrogen and oxygen atoms in total. The predicted molar refractivity (Wildman–Crippen MR) is 87.1 cm³/mol. The van der Waals surface area contributed by atoms with Crippen molar-refractivity contribution in [3.8, 4) is 0 Å². The number of hydrogen-bond acceptors (Lipinski definition) is 1. The van der Waals surface area contributed by atoms with Gasteiger partial charge in [0.15, 0.2) is 5.78 Å². The van der Waals surface area contributed by atoms with E-state index in [2.05, 4.69) is 31.2 Å². The second-order valence-electron chi connectivity index (χ2n) is 6.32. The van der Waals surface area contributed by atoms with Crippen LogP contribution in [-0.2, 0) is 0 Å². The van der Waals surface area contributed by atoms with Gasteiger partial charge in [-0.25, -0.2) is 0 Å². The van der Waals surface area contributed by atoms with Crippen molar-refractivity contribution in [3.63, 3.8) is 0 Å². The maximum atomic E-state index is 13.1. The molecule has 0 atom stereocenters. The van der Waals surface area contributed by atoms with Gasteiger partial charge in [0.1, 0.15) is 0 Å². The van der Waals surface area contributed by atoms with E-state index in [1.807, 2.05) is 26.0 Å². The molecule has 3 rings (SSSR count). The number of carbonyl (C=O) groups is 1.